The first-order valence-electron chi connectivity index (χ1n) is 11.6. The van der Waals surface area contributed by atoms with Gasteiger partial charge in [-0.2, -0.15) is 0 Å². The van der Waals surface area contributed by atoms with E-state index in [9.17, 15) is 4.79 Å². The molecule has 1 aliphatic heterocycles. The van der Waals surface area contributed by atoms with Gasteiger partial charge in [-0.15, -0.1) is 0 Å². The molecule has 170 valence electrons. The number of fused-ring (bicyclic) bond motifs is 1. The molecule has 0 unspecified atom stereocenters. The number of rotatable bonds is 7. The van der Waals surface area contributed by atoms with Crippen molar-refractivity contribution < 1.29 is 0 Å². The highest BCUT2D eigenvalue weighted by Gasteiger charge is 2.26. The van der Waals surface area contributed by atoms with Crippen molar-refractivity contribution in [2.45, 2.75) is 19.0 Å². The molecule has 0 radical (unpaired) electrons. The molecule has 0 bridgehead atoms. The van der Waals surface area contributed by atoms with Crippen LogP contribution < -0.4 is 5.69 Å². The quantitative estimate of drug-likeness (QED) is 0.431. The Labute approximate surface area is 199 Å². The predicted octanol–water partition coefficient (Wildman–Crippen LogP) is 4.78. The molecular weight excluding hydrogens is 432 g/mol. The van der Waals surface area contributed by atoms with Crippen LogP contribution in [0.1, 0.15) is 23.6 Å². The number of aromatic nitrogens is 2. The number of halogens is 1. The van der Waals surface area contributed by atoms with Gasteiger partial charge in [0.05, 0.1) is 17.1 Å². The molecule has 6 heteroatoms. The second-order valence-corrected chi connectivity index (χ2v) is 9.13. The number of aromatic amines is 1. The van der Waals surface area contributed by atoms with E-state index in [4.69, 9.17) is 11.6 Å². The molecule has 1 aromatic heterocycles. The van der Waals surface area contributed by atoms with Crippen LogP contribution in [0.2, 0.25) is 5.02 Å². The number of nitrogens with one attached hydrogen (secondary N) is 1. The molecule has 0 spiro atoms. The Morgan fingerprint density at radius 2 is 1.45 bits per heavy atom. The SMILES string of the molecule is O=c1[nH]c2ccc(Cl)cc2n1CCCN1CCN(C(c2ccccc2)c2ccccc2)CC1. The molecule has 5 rings (SSSR count). The van der Waals surface area contributed by atoms with Crippen LogP contribution in [0.3, 0.4) is 0 Å². The molecule has 2 heterocycles. The molecule has 1 aliphatic rings. The fourth-order valence-electron chi connectivity index (χ4n) is 4.93. The molecular formula is C27H29ClN4O. The summed E-state index contributed by atoms with van der Waals surface area (Å²) in [5.41, 5.74) is 4.34. The summed E-state index contributed by atoms with van der Waals surface area (Å²) in [7, 11) is 0. The Balaban J connectivity index is 1.21. The predicted molar refractivity (Wildman–Crippen MR) is 135 cm³/mol. The Morgan fingerprint density at radius 1 is 0.818 bits per heavy atom. The first-order valence-corrected chi connectivity index (χ1v) is 12.0. The molecule has 33 heavy (non-hydrogen) atoms. The number of hydrogen-bond acceptors (Lipinski definition) is 3. The van der Waals surface area contributed by atoms with Crippen molar-refractivity contribution >= 4 is 22.6 Å². The molecule has 0 aliphatic carbocycles. The monoisotopic (exact) mass is 460 g/mol. The third-order valence-corrected chi connectivity index (χ3v) is 6.83. The van der Waals surface area contributed by atoms with E-state index in [-0.39, 0.29) is 11.7 Å². The van der Waals surface area contributed by atoms with Gasteiger partial charge in [0.2, 0.25) is 0 Å². The number of nitrogens with zero attached hydrogens (tertiary/aromatic N) is 3. The van der Waals surface area contributed by atoms with Crippen LogP contribution >= 0.6 is 11.6 Å². The van der Waals surface area contributed by atoms with Gasteiger partial charge in [0.25, 0.3) is 0 Å². The highest BCUT2D eigenvalue weighted by Crippen LogP contribution is 2.29. The Kier molecular flexibility index (Phi) is 6.63. The second-order valence-electron chi connectivity index (χ2n) is 8.70. The van der Waals surface area contributed by atoms with E-state index in [0.29, 0.717) is 11.6 Å². The summed E-state index contributed by atoms with van der Waals surface area (Å²) in [5, 5.41) is 0.651. The van der Waals surface area contributed by atoms with Gasteiger partial charge in [0.1, 0.15) is 0 Å². The largest absolute Gasteiger partial charge is 0.326 e. The average molecular weight is 461 g/mol. The smallest absolute Gasteiger partial charge is 0.306 e. The van der Waals surface area contributed by atoms with Gasteiger partial charge in [-0.05, 0) is 42.3 Å². The van der Waals surface area contributed by atoms with Crippen molar-refractivity contribution in [1.82, 2.24) is 19.4 Å². The van der Waals surface area contributed by atoms with Gasteiger partial charge < -0.3 is 9.88 Å². The van der Waals surface area contributed by atoms with Crippen LogP contribution in [0, 0.1) is 0 Å². The topological polar surface area (TPSA) is 44.3 Å². The van der Waals surface area contributed by atoms with Crippen LogP contribution in [-0.2, 0) is 6.54 Å². The molecule has 3 aromatic carbocycles. The lowest BCUT2D eigenvalue weighted by atomic mass is 9.96. The summed E-state index contributed by atoms with van der Waals surface area (Å²) in [4.78, 5) is 20.4. The van der Waals surface area contributed by atoms with Crippen LogP contribution in [-0.4, -0.2) is 52.1 Å². The van der Waals surface area contributed by atoms with E-state index >= 15 is 0 Å². The van der Waals surface area contributed by atoms with Gasteiger partial charge in [-0.1, -0.05) is 72.3 Å². The Hall–Kier alpha value is -2.86. The maximum atomic E-state index is 12.4. The second kappa shape index (κ2) is 9.96. The Morgan fingerprint density at radius 3 is 2.09 bits per heavy atom. The molecule has 1 fully saturated rings. The van der Waals surface area contributed by atoms with Crippen molar-refractivity contribution in [3.63, 3.8) is 0 Å². The zero-order valence-electron chi connectivity index (χ0n) is 18.7. The zero-order chi connectivity index (χ0) is 22.6. The standard InChI is InChI=1S/C27H29ClN4O/c28-23-12-13-24-25(20-23)32(27(33)29-24)15-7-14-30-16-18-31(19-17-30)26(21-8-3-1-4-9-21)22-10-5-2-6-11-22/h1-6,8-13,20,26H,7,14-19H2,(H,29,33). The van der Waals surface area contributed by atoms with Crippen molar-refractivity contribution in [2.24, 2.45) is 0 Å². The maximum Gasteiger partial charge on any atom is 0.326 e. The van der Waals surface area contributed by atoms with E-state index in [1.807, 2.05) is 18.2 Å². The van der Waals surface area contributed by atoms with Gasteiger partial charge in [-0.25, -0.2) is 4.79 Å². The minimum absolute atomic E-state index is 0.0642. The van der Waals surface area contributed by atoms with Crippen LogP contribution in [0.5, 0.6) is 0 Å². The van der Waals surface area contributed by atoms with E-state index in [0.717, 1.165) is 50.2 Å². The molecule has 0 amide bonds. The van der Waals surface area contributed by atoms with Crippen molar-refractivity contribution in [2.75, 3.05) is 32.7 Å². The van der Waals surface area contributed by atoms with Gasteiger partial charge in [0.15, 0.2) is 0 Å². The number of hydrogen-bond donors (Lipinski definition) is 1. The van der Waals surface area contributed by atoms with Crippen molar-refractivity contribution in [3.8, 4) is 0 Å². The lowest BCUT2D eigenvalue weighted by Gasteiger charge is -2.39. The number of aryl methyl sites for hydroxylation is 1. The van der Waals surface area contributed by atoms with Gasteiger partial charge in [-0.3, -0.25) is 9.47 Å². The fraction of sp³-hybridized carbons (Fsp3) is 0.296. The minimum atomic E-state index is -0.0642. The van der Waals surface area contributed by atoms with Crippen LogP contribution in [0.4, 0.5) is 0 Å². The van der Waals surface area contributed by atoms with Crippen molar-refractivity contribution in [1.29, 1.82) is 0 Å². The van der Waals surface area contributed by atoms with E-state index in [2.05, 4.69) is 75.4 Å². The molecule has 1 N–H and O–H groups in total. The lowest BCUT2D eigenvalue weighted by molar-refractivity contribution is 0.108. The van der Waals surface area contributed by atoms with Crippen LogP contribution in [0.25, 0.3) is 11.0 Å². The number of H-pyrrole nitrogens is 1. The van der Waals surface area contributed by atoms with Crippen LogP contribution in [0.15, 0.2) is 83.7 Å². The highest BCUT2D eigenvalue weighted by molar-refractivity contribution is 6.31. The number of piperazine rings is 1. The van der Waals surface area contributed by atoms with Crippen molar-refractivity contribution in [3.05, 3.63) is 105 Å². The molecule has 0 saturated carbocycles. The summed E-state index contributed by atoms with van der Waals surface area (Å²) in [5.74, 6) is 0. The summed E-state index contributed by atoms with van der Waals surface area (Å²) in [6.45, 7) is 5.79. The Bertz CT molecular complexity index is 1200. The third-order valence-electron chi connectivity index (χ3n) is 6.60. The summed E-state index contributed by atoms with van der Waals surface area (Å²) < 4.78 is 1.80. The fourth-order valence-corrected chi connectivity index (χ4v) is 5.10. The average Bonchev–Trinajstić information content (AvgIpc) is 3.16. The van der Waals surface area contributed by atoms with E-state index in [1.165, 1.54) is 11.1 Å². The molecule has 1 saturated heterocycles. The summed E-state index contributed by atoms with van der Waals surface area (Å²) >= 11 is 6.14. The maximum absolute atomic E-state index is 12.4. The highest BCUT2D eigenvalue weighted by atomic mass is 35.5. The normalized spacial score (nSPS) is 15.5. The summed E-state index contributed by atoms with van der Waals surface area (Å²) in [6.07, 6.45) is 0.931. The molecule has 4 aromatic rings. The van der Waals surface area contributed by atoms with E-state index < -0.39 is 0 Å². The first kappa shape index (κ1) is 22.0. The number of benzene rings is 3. The van der Waals surface area contributed by atoms with E-state index in [1.54, 1.807) is 4.57 Å². The molecule has 5 nitrogen and oxygen atoms in total. The lowest BCUT2D eigenvalue weighted by Crippen LogP contribution is -2.48. The van der Waals surface area contributed by atoms with Gasteiger partial charge >= 0.3 is 5.69 Å². The minimum Gasteiger partial charge on any atom is -0.306 e. The third kappa shape index (κ3) is 4.91. The zero-order valence-corrected chi connectivity index (χ0v) is 19.4. The summed E-state index contributed by atoms with van der Waals surface area (Å²) in [6, 6.07) is 27.4. The molecule has 0 atom stereocenters. The van der Waals surface area contributed by atoms with Gasteiger partial charge in [0, 0.05) is 37.7 Å². The number of imidazole rings is 1. The first-order chi connectivity index (χ1) is 16.2.